The number of aromatic nitrogens is 1. The van der Waals surface area contributed by atoms with Gasteiger partial charge in [-0.1, -0.05) is 60.7 Å². The van der Waals surface area contributed by atoms with Crippen molar-refractivity contribution in [3.8, 4) is 11.1 Å². The Morgan fingerprint density at radius 2 is 1.60 bits per heavy atom. The van der Waals surface area contributed by atoms with Crippen molar-refractivity contribution in [1.82, 2.24) is 9.96 Å². The highest BCUT2D eigenvalue weighted by Gasteiger charge is 2.20. The van der Waals surface area contributed by atoms with E-state index in [0.29, 0.717) is 11.1 Å². The average molecular weight is 579 g/mol. The molecule has 0 aliphatic carbocycles. The van der Waals surface area contributed by atoms with E-state index in [9.17, 15) is 19.4 Å². The number of fused-ring (bicyclic) bond motifs is 1. The number of aliphatic hydroxyl groups excluding tert-OH is 2. The summed E-state index contributed by atoms with van der Waals surface area (Å²) in [6.07, 6.45) is 0.891. The summed E-state index contributed by atoms with van der Waals surface area (Å²) in [7, 11) is 0. The number of carbonyl (C=O) groups excluding carboxylic acids is 1. The highest BCUT2D eigenvalue weighted by molar-refractivity contribution is 6.01. The van der Waals surface area contributed by atoms with Gasteiger partial charge >= 0.3 is 5.97 Å². The summed E-state index contributed by atoms with van der Waals surface area (Å²) in [5.74, 6) is -0.936. The number of hydrogen-bond donors (Lipinski definition) is 4. The Bertz CT molecular complexity index is 1500. The Morgan fingerprint density at radius 1 is 0.952 bits per heavy atom. The molecule has 0 saturated carbocycles. The first-order chi connectivity index (χ1) is 20.1. The van der Waals surface area contributed by atoms with Crippen LogP contribution < -0.4 is 0 Å². The van der Waals surface area contributed by atoms with Crippen molar-refractivity contribution < 1.29 is 39.4 Å². The third-order valence-electron chi connectivity index (χ3n) is 6.76. The zero-order chi connectivity index (χ0) is 30.2. The fourth-order valence-corrected chi connectivity index (χ4v) is 4.85. The molecule has 3 aromatic carbocycles. The first kappa shape index (κ1) is 31.0. The highest BCUT2D eigenvalue weighted by atomic mass is 19.1. The number of hydrogen-bond acceptors (Lipinski definition) is 8. The number of aliphatic hydroxyl groups is 2. The zero-order valence-corrected chi connectivity index (χ0v) is 23.4. The summed E-state index contributed by atoms with van der Waals surface area (Å²) in [5.41, 5.74) is 4.98. The molecular weight excluding hydrogens is 543 g/mol. The minimum Gasteiger partial charge on any atom is -0.461 e. The van der Waals surface area contributed by atoms with E-state index in [4.69, 9.17) is 15.2 Å². The minimum atomic E-state index is -1.12. The van der Waals surface area contributed by atoms with Gasteiger partial charge in [0, 0.05) is 34.6 Å². The zero-order valence-electron chi connectivity index (χ0n) is 23.4. The Hall–Kier alpha value is -3.90. The molecule has 1 heterocycles. The number of para-hydroxylation sites is 1. The molecule has 10 heteroatoms. The maximum absolute atomic E-state index is 13.7. The summed E-state index contributed by atoms with van der Waals surface area (Å²) < 4.78 is 21.1. The normalized spacial score (nSPS) is 13.4. The third kappa shape index (κ3) is 8.10. The van der Waals surface area contributed by atoms with E-state index in [1.165, 1.54) is 12.1 Å². The molecule has 0 amide bonds. The molecule has 9 nitrogen and oxygen atoms in total. The molecule has 0 bridgehead atoms. The van der Waals surface area contributed by atoms with Crippen molar-refractivity contribution >= 4 is 22.9 Å². The molecule has 42 heavy (non-hydrogen) atoms. The molecule has 0 saturated heterocycles. The van der Waals surface area contributed by atoms with Gasteiger partial charge in [0.05, 0.1) is 30.6 Å². The van der Waals surface area contributed by atoms with E-state index < -0.39 is 18.2 Å². The molecule has 222 valence electrons. The van der Waals surface area contributed by atoms with E-state index >= 15 is 0 Å². The van der Waals surface area contributed by atoms with Crippen molar-refractivity contribution in [3.05, 3.63) is 102 Å². The van der Waals surface area contributed by atoms with Crippen LogP contribution in [0.1, 0.15) is 49.6 Å². The first-order valence-corrected chi connectivity index (χ1v) is 13.6. The van der Waals surface area contributed by atoms with Gasteiger partial charge in [0.1, 0.15) is 12.4 Å². The molecule has 0 fully saturated rings. The molecule has 0 radical (unpaired) electrons. The van der Waals surface area contributed by atoms with Crippen LogP contribution in [0.5, 0.6) is 0 Å². The number of esters is 1. The molecule has 0 spiro atoms. The van der Waals surface area contributed by atoms with Crippen LogP contribution in [0.4, 0.5) is 4.39 Å². The quantitative estimate of drug-likeness (QED) is 0.116. The van der Waals surface area contributed by atoms with Crippen molar-refractivity contribution in [2.45, 2.75) is 58.2 Å². The predicted molar refractivity (Wildman–Crippen MR) is 154 cm³/mol. The maximum atomic E-state index is 13.7. The Kier molecular flexibility index (Phi) is 10.6. The molecule has 0 aliphatic rings. The lowest BCUT2D eigenvalue weighted by Crippen LogP contribution is -2.20. The third-order valence-corrected chi connectivity index (χ3v) is 6.76. The van der Waals surface area contributed by atoms with Crippen LogP contribution in [0.25, 0.3) is 28.1 Å². The van der Waals surface area contributed by atoms with E-state index in [0.717, 1.165) is 27.7 Å². The Balaban J connectivity index is 1.40. The van der Waals surface area contributed by atoms with Crippen LogP contribution >= 0.6 is 0 Å². The SMILES string of the molecule is CC(C)n1c(/C=C/[C@@H](O)C[C@@H](O)CC(=O)OCc2ccc(CON(O)O)cc2)c(-c2ccc(F)cc2)c2ccccc21. The number of ether oxygens (including phenoxy) is 1. The first-order valence-electron chi connectivity index (χ1n) is 13.6. The summed E-state index contributed by atoms with van der Waals surface area (Å²) >= 11 is 0. The van der Waals surface area contributed by atoms with Crippen LogP contribution in [0, 0.1) is 5.82 Å². The smallest absolute Gasteiger partial charge is 0.308 e. The van der Waals surface area contributed by atoms with Gasteiger partial charge in [-0.25, -0.2) is 9.23 Å². The van der Waals surface area contributed by atoms with E-state index in [2.05, 4.69) is 23.3 Å². The van der Waals surface area contributed by atoms with Crippen molar-refractivity contribution in [2.24, 2.45) is 0 Å². The van der Waals surface area contributed by atoms with Gasteiger partial charge in [0.15, 0.2) is 0 Å². The van der Waals surface area contributed by atoms with Crippen molar-refractivity contribution in [1.29, 1.82) is 0 Å². The largest absolute Gasteiger partial charge is 0.461 e. The Morgan fingerprint density at radius 3 is 2.24 bits per heavy atom. The number of benzene rings is 3. The molecular formula is C32H35FN2O7. The summed E-state index contributed by atoms with van der Waals surface area (Å²) in [6, 6.07) is 21.1. The van der Waals surface area contributed by atoms with Crippen LogP contribution in [0.3, 0.4) is 0 Å². The molecule has 4 N–H and O–H groups in total. The van der Waals surface area contributed by atoms with E-state index in [1.54, 1.807) is 42.5 Å². The van der Waals surface area contributed by atoms with Crippen LogP contribution in [-0.4, -0.2) is 48.8 Å². The second-order valence-electron chi connectivity index (χ2n) is 10.3. The molecule has 4 aromatic rings. The van der Waals surface area contributed by atoms with E-state index in [1.807, 2.05) is 30.3 Å². The summed E-state index contributed by atoms with van der Waals surface area (Å²) in [4.78, 5) is 16.8. The second-order valence-corrected chi connectivity index (χ2v) is 10.3. The lowest BCUT2D eigenvalue weighted by molar-refractivity contribution is -0.497. The van der Waals surface area contributed by atoms with Gasteiger partial charge in [-0.15, -0.1) is 0 Å². The number of carbonyl (C=O) groups is 1. The van der Waals surface area contributed by atoms with Gasteiger partial charge in [-0.3, -0.25) is 15.2 Å². The van der Waals surface area contributed by atoms with Gasteiger partial charge in [0.2, 0.25) is 0 Å². The van der Waals surface area contributed by atoms with Crippen LogP contribution in [0.2, 0.25) is 0 Å². The lowest BCUT2D eigenvalue weighted by atomic mass is 10.0. The average Bonchev–Trinajstić information content (AvgIpc) is 3.29. The van der Waals surface area contributed by atoms with Crippen LogP contribution in [0.15, 0.2) is 78.9 Å². The highest BCUT2D eigenvalue weighted by Crippen LogP contribution is 2.38. The molecule has 1 aromatic heterocycles. The topological polar surface area (TPSA) is 125 Å². The number of halogens is 1. The molecule has 0 unspecified atom stereocenters. The second kappa shape index (κ2) is 14.3. The maximum Gasteiger partial charge on any atom is 0.308 e. The van der Waals surface area contributed by atoms with E-state index in [-0.39, 0.29) is 43.3 Å². The number of nitrogens with zero attached hydrogens (tertiary/aromatic N) is 2. The predicted octanol–water partition coefficient (Wildman–Crippen LogP) is 5.80. The lowest BCUT2D eigenvalue weighted by Gasteiger charge is -2.15. The molecule has 4 rings (SSSR count). The fourth-order valence-electron chi connectivity index (χ4n) is 4.85. The van der Waals surface area contributed by atoms with Gasteiger partial charge in [-0.05, 0) is 54.8 Å². The van der Waals surface area contributed by atoms with Crippen LogP contribution in [-0.2, 0) is 27.6 Å². The molecule has 2 atom stereocenters. The summed E-state index contributed by atoms with van der Waals surface area (Å²) in [5, 5.41) is 39.0. The van der Waals surface area contributed by atoms with Gasteiger partial charge < -0.3 is 19.5 Å². The van der Waals surface area contributed by atoms with Crippen molar-refractivity contribution in [3.63, 3.8) is 0 Å². The van der Waals surface area contributed by atoms with Gasteiger partial charge in [-0.2, -0.15) is 0 Å². The standard InChI is InChI=1S/C32H35FN2O7/c1-21(2)34-29-6-4-3-5-28(29)32(24-11-13-25(33)14-12-24)30(34)16-15-26(36)17-27(37)18-31(38)41-19-22-7-9-23(10-8-22)20-42-35(39)40/h3-16,21,26-27,36-37,39-40H,17-20H2,1-2H3/b16-15+/t26-,27-/m1/s1. The number of rotatable bonds is 13. The van der Waals surface area contributed by atoms with Crippen molar-refractivity contribution in [2.75, 3.05) is 0 Å². The summed E-state index contributed by atoms with van der Waals surface area (Å²) in [6.45, 7) is 4.07. The van der Waals surface area contributed by atoms with Gasteiger partial charge in [0.25, 0.3) is 0 Å². The monoisotopic (exact) mass is 578 g/mol. The Labute approximate surface area is 243 Å². The minimum absolute atomic E-state index is 0.00676. The fraction of sp³-hybridized carbons (Fsp3) is 0.281. The molecule has 0 aliphatic heterocycles.